The molecule has 67 heavy (non-hydrogen) atoms. The van der Waals surface area contributed by atoms with Gasteiger partial charge in [0.1, 0.15) is 5.82 Å². The third kappa shape index (κ3) is 8.98. The summed E-state index contributed by atoms with van der Waals surface area (Å²) in [6.07, 6.45) is 4.14. The number of aromatic nitrogens is 2. The molecule has 0 aliphatic carbocycles. The summed E-state index contributed by atoms with van der Waals surface area (Å²) in [6.45, 7) is 20.3. The van der Waals surface area contributed by atoms with E-state index in [-0.39, 0.29) is 37.3 Å². The second-order valence-electron chi connectivity index (χ2n) is 20.0. The Morgan fingerprint density at radius 1 is 0.522 bits per heavy atom. The first-order valence-electron chi connectivity index (χ1n) is 22.9. The van der Waals surface area contributed by atoms with Crippen molar-refractivity contribution in [3.05, 3.63) is 229 Å². The minimum absolute atomic E-state index is 0. The van der Waals surface area contributed by atoms with Gasteiger partial charge in [-0.25, -0.2) is 4.98 Å². The molecule has 1 aliphatic rings. The third-order valence-electron chi connectivity index (χ3n) is 12.9. The minimum Gasteiger partial charge on any atom is -0.509 e. The van der Waals surface area contributed by atoms with Crippen molar-refractivity contribution < 1.29 is 25.8 Å². The fraction of sp³-hybridized carbons (Fsp3) is 0.180. The van der Waals surface area contributed by atoms with Crippen LogP contribution in [0.1, 0.15) is 83.2 Å². The summed E-state index contributed by atoms with van der Waals surface area (Å²) >= 11 is 0. The number of pyridine rings is 1. The van der Waals surface area contributed by atoms with Crippen molar-refractivity contribution in [2.45, 2.75) is 71.6 Å². The molecule has 2 aromatic heterocycles. The second kappa shape index (κ2) is 17.8. The maximum atomic E-state index is 6.98. The van der Waals surface area contributed by atoms with Gasteiger partial charge in [-0.15, -0.1) is 53.6 Å². The number of hydrogen-bond donors (Lipinski definition) is 0. The van der Waals surface area contributed by atoms with E-state index in [1.807, 2.05) is 12.3 Å². The Labute approximate surface area is 410 Å². The molecule has 0 bridgehead atoms. The predicted octanol–water partition coefficient (Wildman–Crippen LogP) is 15.6. The number of nitrogens with zero attached hydrogens (tertiary/aromatic N) is 4. The fourth-order valence-corrected chi connectivity index (χ4v) is 8.95. The largest absolute Gasteiger partial charge is 0.509 e. The van der Waals surface area contributed by atoms with Crippen molar-refractivity contribution in [2.75, 3.05) is 9.80 Å². The molecule has 1 aliphatic heterocycles. The molecule has 6 heteroatoms. The summed E-state index contributed by atoms with van der Waals surface area (Å²) in [5.41, 5.74) is 12.7. The molecule has 0 unspecified atom stereocenters. The molecule has 0 N–H and O–H groups in total. The standard InChI is InChI=1S/C61H55N4O.Pt/c1-59(2,3)46-30-31-62-58(37-46)65-55-27-19-18-26-53(55)54-29-28-51(39-56(54)65)66-52-36-48(61(7,8)45-24-16-11-17-25-45)35-50(38-52)64-41-63(40-57(64)43-22-14-10-15-23-43)49-33-44(42-20-12-9-13-21-42)32-47(34-49)60(4,5)6;/h9-37,40-41H,1-8H3;/q-3;. The summed E-state index contributed by atoms with van der Waals surface area (Å²) in [5.74, 6) is 2.03. The molecule has 338 valence electrons. The van der Waals surface area contributed by atoms with Crippen LogP contribution in [-0.4, -0.2) is 9.55 Å². The van der Waals surface area contributed by atoms with E-state index >= 15 is 0 Å². The molecule has 0 atom stereocenters. The molecule has 5 nitrogen and oxygen atoms in total. The van der Waals surface area contributed by atoms with Crippen LogP contribution in [0.2, 0.25) is 0 Å². The van der Waals surface area contributed by atoms with Gasteiger partial charge in [0.2, 0.25) is 0 Å². The molecule has 0 saturated carbocycles. The van der Waals surface area contributed by atoms with Gasteiger partial charge in [0, 0.05) is 55.7 Å². The molecular formula is C61H55N4OPt-3. The number of fused-ring (bicyclic) bond motifs is 3. The average Bonchev–Trinajstić information content (AvgIpc) is 3.92. The minimum atomic E-state index is -0.380. The first-order chi connectivity index (χ1) is 31.7. The quantitative estimate of drug-likeness (QED) is 0.135. The van der Waals surface area contributed by atoms with Gasteiger partial charge in [-0.3, -0.25) is 0 Å². The Morgan fingerprint density at radius 2 is 1.18 bits per heavy atom. The van der Waals surface area contributed by atoms with E-state index in [0.717, 1.165) is 55.8 Å². The van der Waals surface area contributed by atoms with Crippen LogP contribution in [0.15, 0.2) is 182 Å². The summed E-state index contributed by atoms with van der Waals surface area (Å²) < 4.78 is 9.18. The van der Waals surface area contributed by atoms with E-state index in [1.165, 1.54) is 27.8 Å². The number of hydrogen-bond acceptors (Lipinski definition) is 4. The molecule has 0 spiro atoms. The molecule has 10 rings (SSSR count). The Kier molecular flexibility index (Phi) is 12.1. The van der Waals surface area contributed by atoms with Gasteiger partial charge in [-0.2, -0.15) is 6.07 Å². The van der Waals surface area contributed by atoms with E-state index < -0.39 is 0 Å². The molecule has 9 aromatic rings. The van der Waals surface area contributed by atoms with Gasteiger partial charge in [0.25, 0.3) is 0 Å². The van der Waals surface area contributed by atoms with E-state index in [4.69, 9.17) is 9.72 Å². The number of anilines is 2. The van der Waals surface area contributed by atoms with Gasteiger partial charge in [-0.05, 0) is 91.5 Å². The van der Waals surface area contributed by atoms with Crippen LogP contribution in [0.4, 0.5) is 11.4 Å². The van der Waals surface area contributed by atoms with Crippen LogP contribution in [0.25, 0.3) is 44.4 Å². The molecule has 0 saturated heterocycles. The maximum absolute atomic E-state index is 6.98. The monoisotopic (exact) mass is 1050 g/mol. The smallest absolute Gasteiger partial charge is 0.135 e. The summed E-state index contributed by atoms with van der Waals surface area (Å²) in [5, 5.41) is 2.22. The number of ether oxygens (including phenoxy) is 1. The zero-order valence-corrected chi connectivity index (χ0v) is 41.7. The van der Waals surface area contributed by atoms with Crippen molar-refractivity contribution in [1.29, 1.82) is 0 Å². The zero-order valence-electron chi connectivity index (χ0n) is 39.4. The van der Waals surface area contributed by atoms with Gasteiger partial charge >= 0.3 is 0 Å². The van der Waals surface area contributed by atoms with Crippen LogP contribution >= 0.6 is 0 Å². The van der Waals surface area contributed by atoms with E-state index in [9.17, 15) is 0 Å². The Bertz CT molecular complexity index is 3250. The first kappa shape index (κ1) is 45.5. The Balaban J connectivity index is 0.00000562. The van der Waals surface area contributed by atoms with E-state index in [1.54, 1.807) is 0 Å². The van der Waals surface area contributed by atoms with Crippen LogP contribution in [0, 0.1) is 18.8 Å². The van der Waals surface area contributed by atoms with Gasteiger partial charge in [0.15, 0.2) is 0 Å². The van der Waals surface area contributed by atoms with Gasteiger partial charge < -0.3 is 19.1 Å². The second-order valence-corrected chi connectivity index (χ2v) is 20.0. The summed E-state index contributed by atoms with van der Waals surface area (Å²) in [7, 11) is 0. The number of rotatable bonds is 9. The predicted molar refractivity (Wildman–Crippen MR) is 274 cm³/mol. The van der Waals surface area contributed by atoms with Crippen molar-refractivity contribution in [3.63, 3.8) is 0 Å². The Morgan fingerprint density at radius 3 is 1.88 bits per heavy atom. The molecule has 0 amide bonds. The Hall–Kier alpha value is -6.68. The van der Waals surface area contributed by atoms with Crippen molar-refractivity contribution in [1.82, 2.24) is 9.55 Å². The molecule has 0 radical (unpaired) electrons. The van der Waals surface area contributed by atoms with Crippen molar-refractivity contribution in [2.24, 2.45) is 0 Å². The molecule has 3 heterocycles. The average molecular weight is 1060 g/mol. The maximum Gasteiger partial charge on any atom is 0.135 e. The summed E-state index contributed by atoms with van der Waals surface area (Å²) in [4.78, 5) is 9.40. The topological polar surface area (TPSA) is 33.5 Å². The first-order valence-corrected chi connectivity index (χ1v) is 22.9. The molecule has 7 aromatic carbocycles. The van der Waals surface area contributed by atoms with E-state index in [2.05, 4.69) is 259 Å². The normalized spacial score (nSPS) is 13.2. The van der Waals surface area contributed by atoms with Gasteiger partial charge in [-0.1, -0.05) is 176 Å². The third-order valence-corrected chi connectivity index (χ3v) is 12.9. The zero-order chi connectivity index (χ0) is 45.8. The van der Waals surface area contributed by atoms with Crippen LogP contribution < -0.4 is 14.5 Å². The van der Waals surface area contributed by atoms with Crippen LogP contribution in [-0.2, 0) is 37.3 Å². The van der Waals surface area contributed by atoms with Gasteiger partial charge in [0.05, 0.1) is 0 Å². The fourth-order valence-electron chi connectivity index (χ4n) is 8.95. The SMILES string of the molecule is CC(C)(C)c1cc(-c2ccccc2)cc(N2C=C(c3ccccc3)N(c3[c-]c(Oc4[c-]c5c(cc4)c4ccccc4n5-c4cc(C(C)(C)C)ccn4)cc(C(C)(C)c4ccccc4)c3)[CH-]2)c1.[Pt]. The van der Waals surface area contributed by atoms with Crippen LogP contribution in [0.3, 0.4) is 0 Å². The van der Waals surface area contributed by atoms with E-state index in [0.29, 0.717) is 11.5 Å². The van der Waals surface area contributed by atoms with Crippen LogP contribution in [0.5, 0.6) is 11.5 Å². The van der Waals surface area contributed by atoms with Crippen molar-refractivity contribution in [3.8, 4) is 28.4 Å². The summed E-state index contributed by atoms with van der Waals surface area (Å²) in [6, 6.07) is 67.7. The number of para-hydroxylation sites is 1. The van der Waals surface area contributed by atoms with Crippen molar-refractivity contribution >= 4 is 38.9 Å². The molecule has 0 fully saturated rings. The number of benzene rings is 7. The molecular weight excluding hydrogens is 1000 g/mol.